The first-order valence-corrected chi connectivity index (χ1v) is 6.89. The first-order chi connectivity index (χ1) is 10.2. The fourth-order valence-corrected chi connectivity index (χ4v) is 2.29. The fourth-order valence-electron chi connectivity index (χ4n) is 2.29. The molecule has 1 atom stereocenters. The lowest BCUT2D eigenvalue weighted by molar-refractivity contribution is 0.784. The average molecular weight is 279 g/mol. The van der Waals surface area contributed by atoms with Gasteiger partial charge < -0.3 is 5.32 Å². The van der Waals surface area contributed by atoms with Crippen molar-refractivity contribution in [2.75, 3.05) is 5.32 Å². The van der Waals surface area contributed by atoms with E-state index in [0.717, 1.165) is 16.9 Å². The van der Waals surface area contributed by atoms with Crippen molar-refractivity contribution < 1.29 is 0 Å². The van der Waals surface area contributed by atoms with Crippen molar-refractivity contribution in [1.29, 1.82) is 0 Å². The second-order valence-electron chi connectivity index (χ2n) is 5.03. The smallest absolute Gasteiger partial charge is 0.143 e. The zero-order valence-corrected chi connectivity index (χ0v) is 12.1. The van der Waals surface area contributed by atoms with Gasteiger partial charge in [-0.25, -0.2) is 4.68 Å². The number of aromatic nitrogens is 4. The van der Waals surface area contributed by atoms with Crippen LogP contribution in [0, 0.1) is 6.92 Å². The molecule has 106 valence electrons. The zero-order chi connectivity index (χ0) is 14.7. The normalized spacial score (nSPS) is 12.1. The second kappa shape index (κ2) is 5.75. The molecule has 1 unspecified atom stereocenters. The monoisotopic (exact) mass is 279 g/mol. The molecule has 0 amide bonds. The van der Waals surface area contributed by atoms with Gasteiger partial charge in [0.05, 0.1) is 5.69 Å². The molecule has 0 aliphatic rings. The van der Waals surface area contributed by atoms with Gasteiger partial charge in [-0.1, -0.05) is 36.4 Å². The first kappa shape index (κ1) is 13.3. The van der Waals surface area contributed by atoms with Gasteiger partial charge in [0, 0.05) is 11.7 Å². The Balaban J connectivity index is 1.85. The third-order valence-electron chi connectivity index (χ3n) is 3.49. The van der Waals surface area contributed by atoms with Gasteiger partial charge in [0.25, 0.3) is 0 Å². The Bertz CT molecular complexity index is 707. The highest BCUT2D eigenvalue weighted by atomic mass is 15.5. The van der Waals surface area contributed by atoms with Gasteiger partial charge in [0.15, 0.2) is 0 Å². The summed E-state index contributed by atoms with van der Waals surface area (Å²) in [5.74, 6) is 0. The van der Waals surface area contributed by atoms with Crippen LogP contribution in [0.2, 0.25) is 0 Å². The van der Waals surface area contributed by atoms with Crippen molar-refractivity contribution >= 4 is 5.69 Å². The molecule has 5 heteroatoms. The van der Waals surface area contributed by atoms with Crippen LogP contribution >= 0.6 is 0 Å². The molecule has 0 saturated carbocycles. The van der Waals surface area contributed by atoms with Crippen molar-refractivity contribution in [2.24, 2.45) is 0 Å². The molecular weight excluding hydrogens is 262 g/mol. The van der Waals surface area contributed by atoms with E-state index >= 15 is 0 Å². The number of nitrogens with one attached hydrogen (secondary N) is 1. The van der Waals surface area contributed by atoms with Crippen LogP contribution in [0.5, 0.6) is 0 Å². The minimum absolute atomic E-state index is 0.232. The summed E-state index contributed by atoms with van der Waals surface area (Å²) in [6.45, 7) is 4.19. The molecule has 5 nitrogen and oxygen atoms in total. The van der Waals surface area contributed by atoms with Crippen molar-refractivity contribution in [3.63, 3.8) is 0 Å². The third kappa shape index (κ3) is 2.91. The molecule has 0 fully saturated rings. The molecule has 0 aliphatic carbocycles. The van der Waals surface area contributed by atoms with E-state index in [-0.39, 0.29) is 6.04 Å². The molecule has 3 aromatic rings. The van der Waals surface area contributed by atoms with Gasteiger partial charge in [-0.2, -0.15) is 0 Å². The molecule has 3 rings (SSSR count). The van der Waals surface area contributed by atoms with E-state index in [1.165, 1.54) is 5.56 Å². The highest BCUT2D eigenvalue weighted by Gasteiger charge is 2.08. The molecule has 2 aromatic carbocycles. The Labute approximate surface area is 123 Å². The Morgan fingerprint density at radius 2 is 1.90 bits per heavy atom. The quantitative estimate of drug-likeness (QED) is 0.797. The van der Waals surface area contributed by atoms with Crippen LogP contribution in [0.3, 0.4) is 0 Å². The minimum atomic E-state index is 0.232. The number of hydrogen-bond acceptors (Lipinski definition) is 4. The predicted molar refractivity (Wildman–Crippen MR) is 82.4 cm³/mol. The average Bonchev–Trinajstić information content (AvgIpc) is 3.04. The van der Waals surface area contributed by atoms with Crippen LogP contribution < -0.4 is 5.32 Å². The summed E-state index contributed by atoms with van der Waals surface area (Å²) < 4.78 is 1.67. The maximum atomic E-state index is 3.95. The SMILES string of the molecule is Cc1ccc(NC(C)c2ccccc2)cc1-n1cnnn1. The standard InChI is InChI=1S/C16H17N5/c1-12-8-9-15(10-16(12)21-11-17-19-20-21)18-13(2)14-6-4-3-5-7-14/h3-11,13,18H,1-2H3. The van der Waals surface area contributed by atoms with Crippen molar-refractivity contribution in [3.8, 4) is 5.69 Å². The van der Waals surface area contributed by atoms with Gasteiger partial charge >= 0.3 is 0 Å². The Morgan fingerprint density at radius 3 is 2.62 bits per heavy atom. The second-order valence-corrected chi connectivity index (χ2v) is 5.03. The lowest BCUT2D eigenvalue weighted by atomic mass is 10.1. The Hall–Kier alpha value is -2.69. The highest BCUT2D eigenvalue weighted by molar-refractivity contribution is 5.55. The van der Waals surface area contributed by atoms with Crippen LogP contribution in [0.15, 0.2) is 54.9 Å². The molecule has 0 saturated heterocycles. The molecule has 21 heavy (non-hydrogen) atoms. The Kier molecular flexibility index (Phi) is 3.64. The molecule has 1 aromatic heterocycles. The van der Waals surface area contributed by atoms with E-state index < -0.39 is 0 Å². The van der Waals surface area contributed by atoms with Crippen molar-refractivity contribution in [3.05, 3.63) is 66.0 Å². The summed E-state index contributed by atoms with van der Waals surface area (Å²) in [7, 11) is 0. The van der Waals surface area contributed by atoms with Gasteiger partial charge in [0.2, 0.25) is 0 Å². The molecule has 0 aliphatic heterocycles. The molecule has 0 bridgehead atoms. The van der Waals surface area contributed by atoms with E-state index in [4.69, 9.17) is 0 Å². The summed E-state index contributed by atoms with van der Waals surface area (Å²) in [4.78, 5) is 0. The lowest BCUT2D eigenvalue weighted by Gasteiger charge is -2.17. The number of nitrogens with zero attached hydrogens (tertiary/aromatic N) is 4. The molecule has 1 heterocycles. The van der Waals surface area contributed by atoms with Gasteiger partial charge in [-0.05, 0) is 47.5 Å². The molecule has 0 spiro atoms. The van der Waals surface area contributed by atoms with E-state index in [1.807, 2.05) is 13.0 Å². The van der Waals surface area contributed by atoms with Crippen molar-refractivity contribution in [2.45, 2.75) is 19.9 Å². The minimum Gasteiger partial charge on any atom is -0.378 e. The first-order valence-electron chi connectivity index (χ1n) is 6.89. The van der Waals surface area contributed by atoms with Crippen LogP contribution in [0.25, 0.3) is 5.69 Å². The lowest BCUT2D eigenvalue weighted by Crippen LogP contribution is -2.07. The number of anilines is 1. The summed E-state index contributed by atoms with van der Waals surface area (Å²) in [6, 6.07) is 16.8. The third-order valence-corrected chi connectivity index (χ3v) is 3.49. The number of hydrogen-bond donors (Lipinski definition) is 1. The van der Waals surface area contributed by atoms with Gasteiger partial charge in [0.1, 0.15) is 6.33 Å². The number of benzene rings is 2. The fraction of sp³-hybridized carbons (Fsp3) is 0.188. The molecule has 1 N–H and O–H groups in total. The largest absolute Gasteiger partial charge is 0.378 e. The van der Waals surface area contributed by atoms with Gasteiger partial charge in [-0.3, -0.25) is 0 Å². The summed E-state index contributed by atoms with van der Waals surface area (Å²) in [6.07, 6.45) is 1.60. The molecular formula is C16H17N5. The van der Waals surface area contributed by atoms with Crippen molar-refractivity contribution in [1.82, 2.24) is 20.2 Å². The Morgan fingerprint density at radius 1 is 1.10 bits per heavy atom. The van der Waals surface area contributed by atoms with E-state index in [9.17, 15) is 0 Å². The van der Waals surface area contributed by atoms with E-state index in [2.05, 4.69) is 70.2 Å². The summed E-state index contributed by atoms with van der Waals surface area (Å²) >= 11 is 0. The van der Waals surface area contributed by atoms with E-state index in [0.29, 0.717) is 0 Å². The highest BCUT2D eigenvalue weighted by Crippen LogP contribution is 2.23. The van der Waals surface area contributed by atoms with Crippen LogP contribution in [-0.4, -0.2) is 20.2 Å². The topological polar surface area (TPSA) is 55.6 Å². The zero-order valence-electron chi connectivity index (χ0n) is 12.1. The maximum Gasteiger partial charge on any atom is 0.143 e. The summed E-state index contributed by atoms with van der Waals surface area (Å²) in [5, 5.41) is 14.8. The number of rotatable bonds is 4. The van der Waals surface area contributed by atoms with Crippen LogP contribution in [0.4, 0.5) is 5.69 Å². The van der Waals surface area contributed by atoms with Crippen LogP contribution in [-0.2, 0) is 0 Å². The number of aryl methyl sites for hydroxylation is 1. The van der Waals surface area contributed by atoms with Gasteiger partial charge in [-0.15, -0.1) is 5.10 Å². The maximum absolute atomic E-state index is 3.95. The number of tetrazole rings is 1. The van der Waals surface area contributed by atoms with E-state index in [1.54, 1.807) is 11.0 Å². The molecule has 0 radical (unpaired) electrons. The summed E-state index contributed by atoms with van der Waals surface area (Å²) in [5.41, 5.74) is 4.40. The van der Waals surface area contributed by atoms with Crippen LogP contribution in [0.1, 0.15) is 24.1 Å². The predicted octanol–water partition coefficient (Wildman–Crippen LogP) is 3.14.